The third kappa shape index (κ3) is 2.32. The first kappa shape index (κ1) is 12.1. The molecule has 2 heterocycles. The number of hydrogen-bond donors (Lipinski definition) is 1. The summed E-state index contributed by atoms with van der Waals surface area (Å²) in [6, 6.07) is 7.08. The average Bonchev–Trinajstić information content (AvgIpc) is 2.57. The summed E-state index contributed by atoms with van der Waals surface area (Å²) in [5, 5.41) is 6.16. The van der Waals surface area contributed by atoms with Gasteiger partial charge in [-0.15, -0.1) is 0 Å². The molecular formula is C13H15N3O3. The highest BCUT2D eigenvalue weighted by molar-refractivity contribution is 6.08. The number of amides is 2. The van der Waals surface area contributed by atoms with Gasteiger partial charge < -0.3 is 10.1 Å². The zero-order valence-corrected chi connectivity index (χ0v) is 10.5. The maximum absolute atomic E-state index is 12.5. The number of nitrogens with one attached hydrogen (secondary N) is 1. The van der Waals surface area contributed by atoms with Gasteiger partial charge in [0.05, 0.1) is 24.5 Å². The van der Waals surface area contributed by atoms with Gasteiger partial charge in [-0.05, 0) is 12.1 Å². The highest BCUT2D eigenvalue weighted by Crippen LogP contribution is 2.21. The van der Waals surface area contributed by atoms with Crippen molar-refractivity contribution < 1.29 is 14.3 Å². The highest BCUT2D eigenvalue weighted by atomic mass is 16.5. The largest absolute Gasteiger partial charge is 0.379 e. The molecule has 0 aromatic heterocycles. The minimum Gasteiger partial charge on any atom is -0.379 e. The molecule has 0 atom stereocenters. The fourth-order valence-electron chi connectivity index (χ4n) is 2.34. The van der Waals surface area contributed by atoms with E-state index in [1.54, 1.807) is 24.3 Å². The van der Waals surface area contributed by atoms with Crippen LogP contribution in [0.25, 0.3) is 0 Å². The van der Waals surface area contributed by atoms with Crippen LogP contribution in [-0.2, 0) is 9.53 Å². The summed E-state index contributed by atoms with van der Waals surface area (Å²) >= 11 is 0. The molecule has 2 aliphatic rings. The van der Waals surface area contributed by atoms with Crippen LogP contribution in [0.1, 0.15) is 10.4 Å². The fourth-order valence-corrected chi connectivity index (χ4v) is 2.34. The van der Waals surface area contributed by atoms with Gasteiger partial charge >= 0.3 is 0 Å². The number of para-hydroxylation sites is 1. The Morgan fingerprint density at radius 1 is 1.11 bits per heavy atom. The summed E-state index contributed by atoms with van der Waals surface area (Å²) in [5.41, 5.74) is 1.10. The summed E-state index contributed by atoms with van der Waals surface area (Å²) in [5.74, 6) is -0.319. The molecule has 0 spiro atoms. The lowest BCUT2D eigenvalue weighted by Gasteiger charge is -2.35. The molecule has 6 nitrogen and oxygen atoms in total. The summed E-state index contributed by atoms with van der Waals surface area (Å²) in [7, 11) is 0. The van der Waals surface area contributed by atoms with Gasteiger partial charge in [-0.1, -0.05) is 12.1 Å². The van der Waals surface area contributed by atoms with E-state index in [0.29, 0.717) is 37.6 Å². The molecule has 1 fully saturated rings. The van der Waals surface area contributed by atoms with Crippen LogP contribution in [0, 0.1) is 0 Å². The second kappa shape index (κ2) is 4.99. The molecule has 0 bridgehead atoms. The van der Waals surface area contributed by atoms with Crippen LogP contribution in [0.4, 0.5) is 5.69 Å². The van der Waals surface area contributed by atoms with Gasteiger partial charge in [-0.3, -0.25) is 14.6 Å². The van der Waals surface area contributed by atoms with Crippen LogP contribution in [0.5, 0.6) is 0 Å². The standard InChI is InChI=1S/C13H15N3O3/c17-12-9-16(15-5-7-19-8-6-15)13(18)10-3-1-2-4-11(10)14-12/h1-4H,5-9H2,(H,14,17). The number of hydrazine groups is 1. The molecule has 0 unspecified atom stereocenters. The van der Waals surface area contributed by atoms with Crippen molar-refractivity contribution in [3.05, 3.63) is 29.8 Å². The maximum atomic E-state index is 12.5. The Morgan fingerprint density at radius 3 is 2.63 bits per heavy atom. The fraction of sp³-hybridized carbons (Fsp3) is 0.385. The SMILES string of the molecule is O=C1CN(N2CCOCC2)C(=O)c2ccccc2N1. The number of carbonyl (C=O) groups is 2. The lowest BCUT2D eigenvalue weighted by atomic mass is 10.1. The minimum atomic E-state index is -0.176. The number of anilines is 1. The summed E-state index contributed by atoms with van der Waals surface area (Å²) in [6.45, 7) is 2.45. The Kier molecular flexibility index (Phi) is 3.18. The number of nitrogens with zero attached hydrogens (tertiary/aromatic N) is 2. The molecule has 2 amide bonds. The number of benzene rings is 1. The number of hydrogen-bond acceptors (Lipinski definition) is 4. The van der Waals surface area contributed by atoms with Crippen molar-refractivity contribution in [3.63, 3.8) is 0 Å². The first-order chi connectivity index (χ1) is 9.25. The van der Waals surface area contributed by atoms with E-state index in [9.17, 15) is 9.59 Å². The first-order valence-corrected chi connectivity index (χ1v) is 6.29. The minimum absolute atomic E-state index is 0.0491. The second-order valence-corrected chi connectivity index (χ2v) is 4.52. The summed E-state index contributed by atoms with van der Waals surface area (Å²) in [4.78, 5) is 24.4. The molecule has 6 heteroatoms. The molecule has 0 radical (unpaired) electrons. The third-order valence-corrected chi connectivity index (χ3v) is 3.29. The van der Waals surface area contributed by atoms with Gasteiger partial charge in [0.1, 0.15) is 6.54 Å². The monoisotopic (exact) mass is 261 g/mol. The van der Waals surface area contributed by atoms with Crippen molar-refractivity contribution in [2.45, 2.75) is 0 Å². The van der Waals surface area contributed by atoms with Crippen molar-refractivity contribution in [3.8, 4) is 0 Å². The lowest BCUT2D eigenvalue weighted by Crippen LogP contribution is -2.52. The number of fused-ring (bicyclic) bond motifs is 1. The second-order valence-electron chi connectivity index (χ2n) is 4.52. The zero-order chi connectivity index (χ0) is 13.2. The number of rotatable bonds is 1. The van der Waals surface area contributed by atoms with Gasteiger partial charge in [0.25, 0.3) is 5.91 Å². The van der Waals surface area contributed by atoms with Crippen molar-refractivity contribution >= 4 is 17.5 Å². The topological polar surface area (TPSA) is 61.9 Å². The van der Waals surface area contributed by atoms with Crippen molar-refractivity contribution in [1.29, 1.82) is 0 Å². The molecule has 100 valence electrons. The van der Waals surface area contributed by atoms with Crippen LogP contribution < -0.4 is 5.32 Å². The summed E-state index contributed by atoms with van der Waals surface area (Å²) < 4.78 is 5.27. The van der Waals surface area contributed by atoms with E-state index in [-0.39, 0.29) is 18.4 Å². The Labute approximate surface area is 110 Å². The smallest absolute Gasteiger partial charge is 0.270 e. The number of carbonyl (C=O) groups excluding carboxylic acids is 2. The Morgan fingerprint density at radius 2 is 1.84 bits per heavy atom. The van der Waals surface area contributed by atoms with E-state index in [1.807, 2.05) is 5.01 Å². The molecule has 3 rings (SSSR count). The van der Waals surface area contributed by atoms with E-state index >= 15 is 0 Å². The molecule has 1 N–H and O–H groups in total. The Hall–Kier alpha value is -1.92. The van der Waals surface area contributed by atoms with Gasteiger partial charge in [-0.2, -0.15) is 0 Å². The van der Waals surface area contributed by atoms with Crippen LogP contribution in [0.2, 0.25) is 0 Å². The predicted octanol–water partition coefficient (Wildman–Crippen LogP) is 0.328. The Bertz CT molecular complexity index is 512. The molecule has 2 aliphatic heterocycles. The predicted molar refractivity (Wildman–Crippen MR) is 68.5 cm³/mol. The average molecular weight is 261 g/mol. The maximum Gasteiger partial charge on any atom is 0.270 e. The molecule has 1 saturated heterocycles. The van der Waals surface area contributed by atoms with E-state index in [4.69, 9.17) is 4.74 Å². The van der Waals surface area contributed by atoms with Gasteiger partial charge in [0.15, 0.2) is 0 Å². The quantitative estimate of drug-likeness (QED) is 0.791. The molecule has 0 aliphatic carbocycles. The van der Waals surface area contributed by atoms with Gasteiger partial charge in [-0.25, -0.2) is 5.01 Å². The van der Waals surface area contributed by atoms with Crippen molar-refractivity contribution in [2.24, 2.45) is 0 Å². The zero-order valence-electron chi connectivity index (χ0n) is 10.5. The summed E-state index contributed by atoms with van der Waals surface area (Å²) in [6.07, 6.45) is 0. The molecule has 1 aromatic rings. The van der Waals surface area contributed by atoms with Gasteiger partial charge in [0, 0.05) is 13.1 Å². The molecule has 19 heavy (non-hydrogen) atoms. The molecule has 1 aromatic carbocycles. The van der Waals surface area contributed by atoms with E-state index < -0.39 is 0 Å². The highest BCUT2D eigenvalue weighted by Gasteiger charge is 2.30. The van der Waals surface area contributed by atoms with E-state index in [0.717, 1.165) is 0 Å². The third-order valence-electron chi connectivity index (χ3n) is 3.29. The van der Waals surface area contributed by atoms with E-state index in [2.05, 4.69) is 5.32 Å². The van der Waals surface area contributed by atoms with Gasteiger partial charge in [0.2, 0.25) is 5.91 Å². The first-order valence-electron chi connectivity index (χ1n) is 6.29. The van der Waals surface area contributed by atoms with Crippen LogP contribution in [0.3, 0.4) is 0 Å². The number of ether oxygens (including phenoxy) is 1. The normalized spacial score (nSPS) is 20.7. The molecular weight excluding hydrogens is 246 g/mol. The lowest BCUT2D eigenvalue weighted by molar-refractivity contribution is -0.123. The van der Waals surface area contributed by atoms with Crippen LogP contribution >= 0.6 is 0 Å². The Balaban J connectivity index is 1.93. The molecule has 0 saturated carbocycles. The van der Waals surface area contributed by atoms with Crippen LogP contribution in [0.15, 0.2) is 24.3 Å². The number of morpholine rings is 1. The van der Waals surface area contributed by atoms with Crippen LogP contribution in [-0.4, -0.2) is 54.7 Å². The van der Waals surface area contributed by atoms with Crippen molar-refractivity contribution in [1.82, 2.24) is 10.0 Å². The van der Waals surface area contributed by atoms with Crippen molar-refractivity contribution in [2.75, 3.05) is 38.2 Å². The van der Waals surface area contributed by atoms with E-state index in [1.165, 1.54) is 5.01 Å².